The first-order valence-corrected chi connectivity index (χ1v) is 11.1. The number of para-hydroxylation sites is 1. The van der Waals surface area contributed by atoms with E-state index >= 15 is 0 Å². The number of amides is 1. The maximum Gasteiger partial charge on any atom is 0.276 e. The van der Waals surface area contributed by atoms with E-state index in [0.29, 0.717) is 35.5 Å². The maximum absolute atomic E-state index is 12.9. The van der Waals surface area contributed by atoms with Crippen LogP contribution in [0.15, 0.2) is 48.5 Å². The fourth-order valence-corrected chi connectivity index (χ4v) is 3.96. The van der Waals surface area contributed by atoms with E-state index in [2.05, 4.69) is 12.6 Å². The molecule has 0 saturated carbocycles. The smallest absolute Gasteiger partial charge is 0.276 e. The second kappa shape index (κ2) is 11.4. The van der Waals surface area contributed by atoms with E-state index in [1.807, 2.05) is 81.1 Å². The van der Waals surface area contributed by atoms with Crippen molar-refractivity contribution in [1.82, 2.24) is 4.90 Å². The Morgan fingerprint density at radius 2 is 1.77 bits per heavy atom. The van der Waals surface area contributed by atoms with Crippen LogP contribution < -0.4 is 9.47 Å². The number of thiol groups is 2. The van der Waals surface area contributed by atoms with E-state index in [1.54, 1.807) is 7.11 Å². The Morgan fingerprint density at radius 1 is 1.10 bits per heavy atom. The Kier molecular flexibility index (Phi) is 9.27. The molecule has 0 bridgehead atoms. The molecule has 0 atom stereocenters. The largest absolute Gasteiger partial charge is 0.497 e. The van der Waals surface area contributed by atoms with Crippen molar-refractivity contribution in [1.29, 1.82) is 0 Å². The van der Waals surface area contributed by atoms with Gasteiger partial charge in [0.1, 0.15) is 22.5 Å². The van der Waals surface area contributed by atoms with E-state index in [9.17, 15) is 4.79 Å². The van der Waals surface area contributed by atoms with Crippen LogP contribution in [0.1, 0.15) is 38.8 Å². The van der Waals surface area contributed by atoms with Gasteiger partial charge in [-0.1, -0.05) is 41.7 Å². The molecule has 164 valence electrons. The number of carbonyl (C=O) groups excluding carboxylic acids is 1. The Hall–Kier alpha value is -1.96. The highest BCUT2D eigenvalue weighted by Crippen LogP contribution is 2.27. The molecule has 0 spiro atoms. The Morgan fingerprint density at radius 3 is 2.37 bits per heavy atom. The summed E-state index contributed by atoms with van der Waals surface area (Å²) >= 11 is 4.70. The minimum Gasteiger partial charge on any atom is -0.497 e. The number of hydrogen-bond donors (Lipinski definition) is 2. The molecule has 7 heteroatoms. The Labute approximate surface area is 188 Å². The lowest BCUT2D eigenvalue weighted by atomic mass is 10.1. The van der Waals surface area contributed by atoms with Crippen LogP contribution >= 0.6 is 24.0 Å². The third kappa shape index (κ3) is 7.38. The van der Waals surface area contributed by atoms with Crippen LogP contribution in [0.25, 0.3) is 0 Å². The molecule has 2 aromatic rings. The van der Waals surface area contributed by atoms with Gasteiger partial charge in [0, 0.05) is 11.1 Å². The normalized spacial score (nSPS) is 12.1. The van der Waals surface area contributed by atoms with Gasteiger partial charge in [0.15, 0.2) is 0 Å². The quantitative estimate of drug-likeness (QED) is 0.432. The Bertz CT molecular complexity index is 860. The maximum atomic E-state index is 12.9. The highest BCUT2D eigenvalue weighted by molar-refractivity contribution is 8.25. The van der Waals surface area contributed by atoms with Crippen molar-refractivity contribution in [2.45, 2.75) is 46.4 Å². The topological polar surface area (TPSA) is 48.0 Å². The first-order chi connectivity index (χ1) is 14.2. The van der Waals surface area contributed by atoms with Gasteiger partial charge in [0.05, 0.1) is 20.3 Å². The van der Waals surface area contributed by atoms with Gasteiger partial charge in [-0.2, -0.15) is 0 Å². The summed E-state index contributed by atoms with van der Waals surface area (Å²) in [6.07, 6.45) is 0. The minimum absolute atomic E-state index is 0.0640. The molecule has 0 unspecified atom stereocenters. The average molecular weight is 450 g/mol. The third-order valence-corrected chi connectivity index (χ3v) is 5.54. The van der Waals surface area contributed by atoms with E-state index in [1.165, 1.54) is 0 Å². The SMILES string of the molecule is CCOC(S)=[SH]C(=O)N(Cc1ccccc1OCc1ccc(OC)cc1)C(C)(C)C. The molecule has 0 saturated heterocycles. The lowest BCUT2D eigenvalue weighted by molar-refractivity contribution is 0.161. The highest BCUT2D eigenvalue weighted by Gasteiger charge is 2.26. The van der Waals surface area contributed by atoms with Crippen LogP contribution in [0.5, 0.6) is 11.5 Å². The van der Waals surface area contributed by atoms with E-state index in [0.717, 1.165) is 22.6 Å². The fraction of sp³-hybridized carbons (Fsp3) is 0.391. The number of ether oxygens (including phenoxy) is 3. The van der Waals surface area contributed by atoms with Crippen LogP contribution in [0.4, 0.5) is 4.79 Å². The number of benzene rings is 2. The van der Waals surface area contributed by atoms with E-state index < -0.39 is 0 Å². The standard InChI is InChI=1S/C23H31NO4S2/c1-6-27-22(29)30-21(25)24(23(2,3)4)15-18-9-7-8-10-20(18)28-16-17-11-13-19(26-5)14-12-17/h7-14,29-30H,6,15-16H2,1-5H3. The van der Waals surface area contributed by atoms with Gasteiger partial charge in [0.25, 0.3) is 5.24 Å². The number of rotatable bonds is 7. The zero-order valence-electron chi connectivity index (χ0n) is 18.2. The molecule has 5 nitrogen and oxygen atoms in total. The molecule has 0 aliphatic carbocycles. The minimum atomic E-state index is -0.368. The van der Waals surface area contributed by atoms with Crippen molar-refractivity contribution in [3.63, 3.8) is 0 Å². The first-order valence-electron chi connectivity index (χ1n) is 9.80. The van der Waals surface area contributed by atoms with Crippen LogP contribution in [-0.2, 0) is 17.9 Å². The van der Waals surface area contributed by atoms with Crippen molar-refractivity contribution < 1.29 is 19.0 Å². The second-order valence-corrected chi connectivity index (χ2v) is 9.38. The van der Waals surface area contributed by atoms with Gasteiger partial charge in [0.2, 0.25) is 0 Å². The predicted octanol–water partition coefficient (Wildman–Crippen LogP) is 5.51. The molecule has 1 amide bonds. The summed E-state index contributed by atoms with van der Waals surface area (Å²) < 4.78 is 17.0. The first kappa shape index (κ1) is 24.3. The molecule has 0 heterocycles. The van der Waals surface area contributed by atoms with Crippen LogP contribution in [0, 0.1) is 0 Å². The summed E-state index contributed by atoms with van der Waals surface area (Å²) in [4.78, 5) is 14.8. The lowest BCUT2D eigenvalue weighted by Crippen LogP contribution is -2.43. The monoisotopic (exact) mass is 449 g/mol. The van der Waals surface area contributed by atoms with Gasteiger partial charge < -0.3 is 19.1 Å². The number of hydrogen-bond acceptors (Lipinski definition) is 4. The molecule has 0 aliphatic rings. The van der Waals surface area contributed by atoms with Gasteiger partial charge in [-0.15, -0.1) is 12.6 Å². The summed E-state index contributed by atoms with van der Waals surface area (Å²) in [5, 5.41) is -0.0640. The van der Waals surface area contributed by atoms with Crippen molar-refractivity contribution in [2.75, 3.05) is 13.7 Å². The van der Waals surface area contributed by atoms with Crippen molar-refractivity contribution >= 4 is 33.6 Å². The van der Waals surface area contributed by atoms with Gasteiger partial charge in [-0.3, -0.25) is 4.79 Å². The zero-order valence-corrected chi connectivity index (χ0v) is 20.0. The molecule has 30 heavy (non-hydrogen) atoms. The average Bonchev–Trinajstić information content (AvgIpc) is 2.70. The molecule has 0 aliphatic heterocycles. The number of carbonyl (C=O) groups is 1. The number of nitrogens with zero attached hydrogens (tertiary/aromatic N) is 1. The van der Waals surface area contributed by atoms with Crippen LogP contribution in [0.3, 0.4) is 0 Å². The predicted molar refractivity (Wildman–Crippen MR) is 129 cm³/mol. The van der Waals surface area contributed by atoms with Gasteiger partial charge in [-0.05, 0) is 51.5 Å². The van der Waals surface area contributed by atoms with Crippen molar-refractivity contribution in [2.24, 2.45) is 0 Å². The van der Waals surface area contributed by atoms with Crippen LogP contribution in [0.2, 0.25) is 0 Å². The number of methoxy groups -OCH3 is 1. The molecular formula is C23H31NO4S2. The summed E-state index contributed by atoms with van der Waals surface area (Å²) in [5.74, 6) is 1.57. The molecule has 2 rings (SSSR count). The molecule has 0 N–H and O–H groups in total. The van der Waals surface area contributed by atoms with E-state index in [4.69, 9.17) is 14.2 Å². The van der Waals surface area contributed by atoms with Crippen LogP contribution in [-0.4, -0.2) is 33.8 Å². The highest BCUT2D eigenvalue weighted by atomic mass is 32.2. The summed E-state index contributed by atoms with van der Waals surface area (Å²) in [6.45, 7) is 9.26. The molecule has 0 radical (unpaired) electrons. The lowest BCUT2D eigenvalue weighted by Gasteiger charge is -2.35. The summed E-state index contributed by atoms with van der Waals surface area (Å²) in [5.41, 5.74) is 1.62. The van der Waals surface area contributed by atoms with Gasteiger partial charge >= 0.3 is 0 Å². The fourth-order valence-electron chi connectivity index (χ4n) is 2.72. The zero-order chi connectivity index (χ0) is 22.1. The summed E-state index contributed by atoms with van der Waals surface area (Å²) in [6, 6.07) is 15.6. The molecular weight excluding hydrogens is 418 g/mol. The van der Waals surface area contributed by atoms with E-state index in [-0.39, 0.29) is 10.8 Å². The Balaban J connectivity index is 2.18. The summed E-state index contributed by atoms with van der Waals surface area (Å²) in [7, 11) is 1.65. The molecule has 0 fully saturated rings. The van der Waals surface area contributed by atoms with Crippen molar-refractivity contribution in [3.8, 4) is 11.5 Å². The van der Waals surface area contributed by atoms with Crippen molar-refractivity contribution in [3.05, 3.63) is 59.7 Å². The second-order valence-electron chi connectivity index (χ2n) is 7.61. The molecule has 2 aromatic carbocycles. The molecule has 0 aromatic heterocycles. The van der Waals surface area contributed by atoms with Gasteiger partial charge in [-0.25, -0.2) is 0 Å². The third-order valence-electron chi connectivity index (χ3n) is 4.36.